The van der Waals surface area contributed by atoms with E-state index >= 15 is 0 Å². The molecule has 0 spiro atoms. The van der Waals surface area contributed by atoms with Crippen LogP contribution >= 0.6 is 0 Å². The van der Waals surface area contributed by atoms with E-state index in [1.54, 1.807) is 7.11 Å². The second-order valence-corrected chi connectivity index (χ2v) is 3.35. The van der Waals surface area contributed by atoms with E-state index in [2.05, 4.69) is 0 Å². The highest BCUT2D eigenvalue weighted by atomic mass is 16.5. The number of ether oxygens (including phenoxy) is 2. The molecule has 1 aromatic rings. The van der Waals surface area contributed by atoms with Crippen LogP contribution in [0.25, 0.3) is 0 Å². The minimum atomic E-state index is -0.0428. The first-order valence-electron chi connectivity index (χ1n) is 4.59. The maximum atomic E-state index is 10.6. The maximum Gasteiger partial charge on any atom is 0.126 e. The summed E-state index contributed by atoms with van der Waals surface area (Å²) in [6.45, 7) is 0.476. The van der Waals surface area contributed by atoms with Crippen molar-refractivity contribution in [1.82, 2.24) is 0 Å². The van der Waals surface area contributed by atoms with Crippen LogP contribution in [0, 0.1) is 5.92 Å². The van der Waals surface area contributed by atoms with Crippen molar-refractivity contribution in [2.75, 3.05) is 13.7 Å². The number of benzene rings is 1. The zero-order valence-corrected chi connectivity index (χ0v) is 8.03. The lowest BCUT2D eigenvalue weighted by atomic mass is 9.97. The molecule has 1 heterocycles. The minimum absolute atomic E-state index is 0.0428. The number of hydrogen-bond donors (Lipinski definition) is 0. The van der Waals surface area contributed by atoms with Crippen LogP contribution in [0.2, 0.25) is 0 Å². The van der Waals surface area contributed by atoms with Gasteiger partial charge in [-0.05, 0) is 18.6 Å². The van der Waals surface area contributed by atoms with Gasteiger partial charge in [-0.25, -0.2) is 0 Å². The first-order chi connectivity index (χ1) is 6.85. The molecule has 0 amide bonds. The molecule has 1 aliphatic heterocycles. The molecule has 14 heavy (non-hydrogen) atoms. The monoisotopic (exact) mass is 192 g/mol. The SMILES string of the molecule is COc1cccc2c1CC(C=O)CO2. The summed E-state index contributed by atoms with van der Waals surface area (Å²) in [5.74, 6) is 1.59. The van der Waals surface area contributed by atoms with Gasteiger partial charge in [-0.15, -0.1) is 0 Å². The molecule has 1 aliphatic rings. The van der Waals surface area contributed by atoms with Gasteiger partial charge in [0.25, 0.3) is 0 Å². The zero-order chi connectivity index (χ0) is 9.97. The minimum Gasteiger partial charge on any atom is -0.496 e. The highest BCUT2D eigenvalue weighted by Crippen LogP contribution is 2.33. The predicted octanol–water partition coefficient (Wildman–Crippen LogP) is 1.45. The Balaban J connectivity index is 2.37. The van der Waals surface area contributed by atoms with Crippen LogP contribution in [0.15, 0.2) is 18.2 Å². The number of aldehydes is 1. The summed E-state index contributed by atoms with van der Waals surface area (Å²) in [7, 11) is 1.63. The maximum absolute atomic E-state index is 10.6. The normalized spacial score (nSPS) is 19.4. The van der Waals surface area contributed by atoms with E-state index in [-0.39, 0.29) is 5.92 Å². The van der Waals surface area contributed by atoms with Gasteiger partial charge in [0.1, 0.15) is 17.8 Å². The number of rotatable bonds is 2. The summed E-state index contributed by atoms with van der Waals surface area (Å²) in [6.07, 6.45) is 1.65. The van der Waals surface area contributed by atoms with Gasteiger partial charge in [-0.1, -0.05) is 6.07 Å². The molecule has 0 saturated heterocycles. The Morgan fingerprint density at radius 3 is 3.14 bits per heavy atom. The topological polar surface area (TPSA) is 35.5 Å². The molecule has 1 aromatic carbocycles. The lowest BCUT2D eigenvalue weighted by molar-refractivity contribution is -0.112. The van der Waals surface area contributed by atoms with Crippen molar-refractivity contribution in [3.8, 4) is 11.5 Å². The van der Waals surface area contributed by atoms with E-state index in [0.717, 1.165) is 23.3 Å². The molecule has 1 unspecified atom stereocenters. The van der Waals surface area contributed by atoms with E-state index in [9.17, 15) is 4.79 Å². The van der Waals surface area contributed by atoms with Crippen molar-refractivity contribution < 1.29 is 14.3 Å². The molecule has 0 radical (unpaired) electrons. The Bertz CT molecular complexity index is 332. The van der Waals surface area contributed by atoms with Gasteiger partial charge in [-0.3, -0.25) is 0 Å². The average molecular weight is 192 g/mol. The molecule has 0 aromatic heterocycles. The molecule has 3 nitrogen and oxygen atoms in total. The number of hydrogen-bond acceptors (Lipinski definition) is 3. The standard InChI is InChI=1S/C11H12O3/c1-13-10-3-2-4-11-9(10)5-8(6-12)7-14-11/h2-4,6,8H,5,7H2,1H3. The molecule has 74 valence electrons. The van der Waals surface area contributed by atoms with Gasteiger partial charge in [-0.2, -0.15) is 0 Å². The van der Waals surface area contributed by atoms with E-state index in [0.29, 0.717) is 13.0 Å². The van der Waals surface area contributed by atoms with Crippen LogP contribution in [0.5, 0.6) is 11.5 Å². The van der Waals surface area contributed by atoms with Gasteiger partial charge >= 0.3 is 0 Å². The van der Waals surface area contributed by atoms with Gasteiger partial charge in [0.2, 0.25) is 0 Å². The van der Waals surface area contributed by atoms with Gasteiger partial charge in [0.05, 0.1) is 19.6 Å². The fourth-order valence-corrected chi connectivity index (χ4v) is 1.68. The molecule has 0 fully saturated rings. The average Bonchev–Trinajstić information content (AvgIpc) is 2.27. The molecule has 1 atom stereocenters. The van der Waals surface area contributed by atoms with Crippen molar-refractivity contribution in [1.29, 1.82) is 0 Å². The van der Waals surface area contributed by atoms with Crippen molar-refractivity contribution in [2.24, 2.45) is 5.92 Å². The number of carbonyl (C=O) groups excluding carboxylic acids is 1. The summed E-state index contributed by atoms with van der Waals surface area (Å²) in [4.78, 5) is 10.6. The second-order valence-electron chi connectivity index (χ2n) is 3.35. The molecule has 3 heteroatoms. The molecular formula is C11H12O3. The molecule has 0 aliphatic carbocycles. The van der Waals surface area contributed by atoms with Crippen molar-refractivity contribution in [2.45, 2.75) is 6.42 Å². The Morgan fingerprint density at radius 1 is 1.57 bits per heavy atom. The van der Waals surface area contributed by atoms with Crippen molar-refractivity contribution in [3.05, 3.63) is 23.8 Å². The summed E-state index contributed by atoms with van der Waals surface area (Å²) < 4.78 is 10.7. The van der Waals surface area contributed by atoms with Crippen molar-refractivity contribution >= 4 is 6.29 Å². The van der Waals surface area contributed by atoms with Crippen LogP contribution in [0.3, 0.4) is 0 Å². The van der Waals surface area contributed by atoms with Crippen LogP contribution in [0.4, 0.5) is 0 Å². The van der Waals surface area contributed by atoms with Crippen LogP contribution in [-0.2, 0) is 11.2 Å². The van der Waals surface area contributed by atoms with Crippen LogP contribution < -0.4 is 9.47 Å². The first kappa shape index (κ1) is 9.06. The zero-order valence-electron chi connectivity index (χ0n) is 8.03. The smallest absolute Gasteiger partial charge is 0.126 e. The second kappa shape index (κ2) is 3.70. The highest BCUT2D eigenvalue weighted by Gasteiger charge is 2.21. The Kier molecular flexibility index (Phi) is 2.39. The summed E-state index contributed by atoms with van der Waals surface area (Å²) in [6, 6.07) is 5.67. The lowest BCUT2D eigenvalue weighted by Crippen LogP contribution is -2.22. The molecule has 0 saturated carbocycles. The summed E-state index contributed by atoms with van der Waals surface area (Å²) >= 11 is 0. The van der Waals surface area contributed by atoms with Crippen LogP contribution in [-0.4, -0.2) is 20.0 Å². The molecule has 0 bridgehead atoms. The number of methoxy groups -OCH3 is 1. The van der Waals surface area contributed by atoms with Crippen molar-refractivity contribution in [3.63, 3.8) is 0 Å². The van der Waals surface area contributed by atoms with E-state index in [1.807, 2.05) is 18.2 Å². The summed E-state index contributed by atoms with van der Waals surface area (Å²) in [5.41, 5.74) is 0.998. The fourth-order valence-electron chi connectivity index (χ4n) is 1.68. The van der Waals surface area contributed by atoms with E-state index in [4.69, 9.17) is 9.47 Å². The third kappa shape index (κ3) is 1.45. The number of carbonyl (C=O) groups is 1. The third-order valence-electron chi connectivity index (χ3n) is 2.42. The lowest BCUT2D eigenvalue weighted by Gasteiger charge is -2.23. The third-order valence-corrected chi connectivity index (χ3v) is 2.42. The van der Waals surface area contributed by atoms with E-state index in [1.165, 1.54) is 0 Å². The summed E-state index contributed by atoms with van der Waals surface area (Å²) in [5, 5.41) is 0. The molecular weight excluding hydrogens is 180 g/mol. The Morgan fingerprint density at radius 2 is 2.43 bits per heavy atom. The fraction of sp³-hybridized carbons (Fsp3) is 0.364. The number of fused-ring (bicyclic) bond motifs is 1. The molecule has 0 N–H and O–H groups in total. The highest BCUT2D eigenvalue weighted by molar-refractivity contribution is 5.58. The Labute approximate surface area is 82.6 Å². The molecule has 2 rings (SSSR count). The van der Waals surface area contributed by atoms with E-state index < -0.39 is 0 Å². The Hall–Kier alpha value is -1.51. The van der Waals surface area contributed by atoms with Crippen LogP contribution in [0.1, 0.15) is 5.56 Å². The quantitative estimate of drug-likeness (QED) is 0.665. The largest absolute Gasteiger partial charge is 0.496 e. The van der Waals surface area contributed by atoms with Gasteiger partial charge < -0.3 is 14.3 Å². The first-order valence-corrected chi connectivity index (χ1v) is 4.59. The van der Waals surface area contributed by atoms with Gasteiger partial charge in [0.15, 0.2) is 0 Å². The predicted molar refractivity (Wildman–Crippen MR) is 51.7 cm³/mol. The van der Waals surface area contributed by atoms with Gasteiger partial charge in [0, 0.05) is 5.56 Å².